The van der Waals surface area contributed by atoms with Gasteiger partial charge < -0.3 is 19.5 Å². The number of rotatable bonds is 9. The summed E-state index contributed by atoms with van der Waals surface area (Å²) in [7, 11) is 1.68. The summed E-state index contributed by atoms with van der Waals surface area (Å²) >= 11 is 0. The molecular weight excluding hydrogens is 390 g/mol. The maximum Gasteiger partial charge on any atom is 0.407 e. The molecule has 2 aromatic rings. The summed E-state index contributed by atoms with van der Waals surface area (Å²) in [4.78, 5) is 12.3. The standard InChI is InChI=1S/C26H35NO4/c1-26(2,31-25(28)27-19-20-8-5-4-6-9-20)18-21-10-7-11-22-12-13-24(17-23(22)16-21)30-15-14-29-3/h4-6,8-9,12-13,17,21H,7,10-11,14-16,18-19H2,1-3H3,(H,27,28). The number of benzene rings is 2. The summed E-state index contributed by atoms with van der Waals surface area (Å²) in [6, 6.07) is 16.3. The first kappa shape index (κ1) is 23.1. The first-order chi connectivity index (χ1) is 14.9. The molecule has 0 saturated heterocycles. The van der Waals surface area contributed by atoms with Gasteiger partial charge in [0.1, 0.15) is 18.0 Å². The van der Waals surface area contributed by atoms with E-state index in [2.05, 4.69) is 23.5 Å². The number of alkyl carbamates (subject to hydrolysis) is 1. The molecule has 1 atom stereocenters. The van der Waals surface area contributed by atoms with Crippen LogP contribution >= 0.6 is 0 Å². The molecule has 1 amide bonds. The highest BCUT2D eigenvalue weighted by Gasteiger charge is 2.29. The zero-order chi connectivity index (χ0) is 22.1. The number of ether oxygens (including phenoxy) is 3. The Balaban J connectivity index is 1.54. The molecular formula is C26H35NO4. The fraction of sp³-hybridized carbons (Fsp3) is 0.500. The summed E-state index contributed by atoms with van der Waals surface area (Å²) in [5.41, 5.74) is 3.28. The van der Waals surface area contributed by atoms with Crippen molar-refractivity contribution in [2.24, 2.45) is 5.92 Å². The Hall–Kier alpha value is -2.53. The maximum atomic E-state index is 12.3. The molecule has 5 nitrogen and oxygen atoms in total. The molecule has 1 N–H and O–H groups in total. The first-order valence-corrected chi connectivity index (χ1v) is 11.2. The van der Waals surface area contributed by atoms with Gasteiger partial charge in [0.05, 0.1) is 6.61 Å². The summed E-state index contributed by atoms with van der Waals surface area (Å²) < 4.78 is 16.7. The van der Waals surface area contributed by atoms with Crippen LogP contribution in [0.3, 0.4) is 0 Å². The minimum absolute atomic E-state index is 0.364. The highest BCUT2D eigenvalue weighted by Crippen LogP contribution is 2.33. The lowest BCUT2D eigenvalue weighted by Gasteiger charge is -2.29. The van der Waals surface area contributed by atoms with Crippen molar-refractivity contribution in [1.29, 1.82) is 0 Å². The molecule has 31 heavy (non-hydrogen) atoms. The van der Waals surface area contributed by atoms with Gasteiger partial charge in [0.2, 0.25) is 0 Å². The van der Waals surface area contributed by atoms with Gasteiger partial charge in [0.25, 0.3) is 0 Å². The van der Waals surface area contributed by atoms with Crippen molar-refractivity contribution in [2.75, 3.05) is 20.3 Å². The molecule has 1 aliphatic carbocycles. The summed E-state index contributed by atoms with van der Waals surface area (Å²) in [5.74, 6) is 1.36. The average Bonchev–Trinajstić information content (AvgIpc) is 2.93. The van der Waals surface area contributed by atoms with Crippen molar-refractivity contribution in [3.63, 3.8) is 0 Å². The minimum atomic E-state index is -0.525. The molecule has 0 radical (unpaired) electrons. The van der Waals surface area contributed by atoms with E-state index in [1.165, 1.54) is 11.1 Å². The largest absolute Gasteiger partial charge is 0.491 e. The van der Waals surface area contributed by atoms with E-state index >= 15 is 0 Å². The molecule has 0 aliphatic heterocycles. The Morgan fingerprint density at radius 1 is 1.10 bits per heavy atom. The number of carbonyl (C=O) groups excluding carboxylic acids is 1. The number of amides is 1. The quantitative estimate of drug-likeness (QED) is 0.437. The van der Waals surface area contributed by atoms with Gasteiger partial charge in [-0.15, -0.1) is 0 Å². The SMILES string of the molecule is COCCOc1ccc2c(c1)CC(CC(C)(C)OC(=O)NCc1ccccc1)CCC2. The molecule has 0 bridgehead atoms. The number of hydrogen-bond acceptors (Lipinski definition) is 4. The number of hydrogen-bond donors (Lipinski definition) is 1. The molecule has 168 valence electrons. The second-order valence-corrected chi connectivity index (χ2v) is 8.93. The van der Waals surface area contributed by atoms with Crippen molar-refractivity contribution in [3.05, 3.63) is 65.2 Å². The number of methoxy groups -OCH3 is 1. The Morgan fingerprint density at radius 3 is 2.68 bits per heavy atom. The van der Waals surface area contributed by atoms with Gasteiger partial charge in [-0.1, -0.05) is 36.4 Å². The van der Waals surface area contributed by atoms with Crippen LogP contribution in [0.1, 0.15) is 49.8 Å². The van der Waals surface area contributed by atoms with E-state index in [9.17, 15) is 4.79 Å². The summed E-state index contributed by atoms with van der Waals surface area (Å²) in [6.45, 7) is 5.62. The van der Waals surface area contributed by atoms with Crippen LogP contribution in [-0.2, 0) is 28.9 Å². The number of nitrogens with one attached hydrogen (secondary N) is 1. The van der Waals surface area contributed by atoms with E-state index in [1.807, 2.05) is 44.2 Å². The monoisotopic (exact) mass is 425 g/mol. The highest BCUT2D eigenvalue weighted by atomic mass is 16.6. The van der Waals surface area contributed by atoms with E-state index in [0.29, 0.717) is 25.7 Å². The molecule has 3 rings (SSSR count). The molecule has 0 aromatic heterocycles. The third-order valence-corrected chi connectivity index (χ3v) is 5.73. The van der Waals surface area contributed by atoms with Crippen LogP contribution in [0.4, 0.5) is 4.79 Å². The lowest BCUT2D eigenvalue weighted by Crippen LogP contribution is -2.36. The number of carbonyl (C=O) groups is 1. The van der Waals surface area contributed by atoms with E-state index in [1.54, 1.807) is 7.11 Å². The third kappa shape index (κ3) is 7.59. The molecule has 0 heterocycles. The van der Waals surface area contributed by atoms with Gasteiger partial charge in [0, 0.05) is 13.7 Å². The van der Waals surface area contributed by atoms with Gasteiger partial charge in [-0.3, -0.25) is 0 Å². The van der Waals surface area contributed by atoms with Crippen LogP contribution in [0.25, 0.3) is 0 Å². The molecule has 0 saturated carbocycles. The van der Waals surface area contributed by atoms with Gasteiger partial charge in [-0.25, -0.2) is 4.79 Å². The lowest BCUT2D eigenvalue weighted by molar-refractivity contribution is 0.0195. The zero-order valence-corrected chi connectivity index (χ0v) is 19.0. The molecule has 0 fully saturated rings. The average molecular weight is 426 g/mol. The minimum Gasteiger partial charge on any atom is -0.491 e. The van der Waals surface area contributed by atoms with Gasteiger partial charge >= 0.3 is 6.09 Å². The van der Waals surface area contributed by atoms with Crippen molar-refractivity contribution in [1.82, 2.24) is 5.32 Å². The predicted octanol–water partition coefficient (Wildman–Crippen LogP) is 5.30. The lowest BCUT2D eigenvalue weighted by atomic mass is 9.86. The molecule has 0 spiro atoms. The molecule has 1 aliphatic rings. The van der Waals surface area contributed by atoms with Crippen molar-refractivity contribution in [3.8, 4) is 5.75 Å². The Labute approximate surface area is 186 Å². The van der Waals surface area contributed by atoms with Crippen LogP contribution in [-0.4, -0.2) is 32.0 Å². The normalized spacial score (nSPS) is 16.2. The van der Waals surface area contributed by atoms with Crippen molar-refractivity contribution < 1.29 is 19.0 Å². The van der Waals surface area contributed by atoms with Crippen LogP contribution in [0, 0.1) is 5.92 Å². The second kappa shape index (κ2) is 11.2. The topological polar surface area (TPSA) is 56.8 Å². The highest BCUT2D eigenvalue weighted by molar-refractivity contribution is 5.67. The van der Waals surface area contributed by atoms with E-state index in [0.717, 1.165) is 43.4 Å². The molecule has 1 unspecified atom stereocenters. The van der Waals surface area contributed by atoms with E-state index < -0.39 is 5.60 Å². The molecule has 2 aromatic carbocycles. The van der Waals surface area contributed by atoms with Crippen molar-refractivity contribution in [2.45, 2.75) is 58.1 Å². The Morgan fingerprint density at radius 2 is 1.90 bits per heavy atom. The van der Waals surface area contributed by atoms with Crippen LogP contribution in [0.5, 0.6) is 5.75 Å². The van der Waals surface area contributed by atoms with E-state index in [4.69, 9.17) is 14.2 Å². The zero-order valence-electron chi connectivity index (χ0n) is 19.0. The van der Waals surface area contributed by atoms with Gasteiger partial charge in [-0.05, 0) is 80.7 Å². The summed E-state index contributed by atoms with van der Waals surface area (Å²) in [5, 5.41) is 2.86. The van der Waals surface area contributed by atoms with Crippen LogP contribution in [0.15, 0.2) is 48.5 Å². The second-order valence-electron chi connectivity index (χ2n) is 8.93. The predicted molar refractivity (Wildman–Crippen MR) is 122 cm³/mol. The van der Waals surface area contributed by atoms with Crippen molar-refractivity contribution >= 4 is 6.09 Å². The van der Waals surface area contributed by atoms with Crippen LogP contribution < -0.4 is 10.1 Å². The smallest absolute Gasteiger partial charge is 0.407 e. The van der Waals surface area contributed by atoms with E-state index in [-0.39, 0.29) is 6.09 Å². The first-order valence-electron chi connectivity index (χ1n) is 11.2. The Kier molecular flexibility index (Phi) is 8.35. The molecule has 5 heteroatoms. The number of aryl methyl sites for hydroxylation is 1. The Bertz CT molecular complexity index is 835. The van der Waals surface area contributed by atoms with Gasteiger partial charge in [-0.2, -0.15) is 0 Å². The fourth-order valence-electron chi connectivity index (χ4n) is 4.33. The third-order valence-electron chi connectivity index (χ3n) is 5.73. The maximum absolute atomic E-state index is 12.3. The summed E-state index contributed by atoms with van der Waals surface area (Å²) in [6.07, 6.45) is 4.82. The fourth-order valence-corrected chi connectivity index (χ4v) is 4.33. The van der Waals surface area contributed by atoms with Crippen LogP contribution in [0.2, 0.25) is 0 Å². The van der Waals surface area contributed by atoms with Gasteiger partial charge in [0.15, 0.2) is 0 Å². The number of fused-ring (bicyclic) bond motifs is 1.